The number of rotatable bonds is 9. The molecule has 0 aromatic rings. The van der Waals surface area contributed by atoms with E-state index in [0.29, 0.717) is 0 Å². The van der Waals surface area contributed by atoms with Gasteiger partial charge < -0.3 is 0 Å². The molecule has 0 amide bonds. The highest BCUT2D eigenvalue weighted by Crippen LogP contribution is 2.13. The Morgan fingerprint density at radius 1 is 0.944 bits per heavy atom. The SMILES string of the molecule is C/C=C/C(=C/C/C=C(\CC)CC/C=C/CC)CC. The van der Waals surface area contributed by atoms with Crippen LogP contribution in [0.1, 0.15) is 66.2 Å². The Kier molecular flexibility index (Phi) is 11.7. The molecule has 18 heavy (non-hydrogen) atoms. The molecule has 0 saturated carbocycles. The van der Waals surface area contributed by atoms with E-state index < -0.39 is 0 Å². The number of allylic oxidation sites excluding steroid dienone is 8. The van der Waals surface area contributed by atoms with E-state index in [2.05, 4.69) is 64.2 Å². The Morgan fingerprint density at radius 3 is 2.28 bits per heavy atom. The van der Waals surface area contributed by atoms with Crippen LogP contribution in [0, 0.1) is 0 Å². The van der Waals surface area contributed by atoms with Crippen molar-refractivity contribution < 1.29 is 0 Å². The fourth-order valence-corrected chi connectivity index (χ4v) is 1.90. The minimum absolute atomic E-state index is 1.08. The highest BCUT2D eigenvalue weighted by Gasteiger charge is 1.92. The first-order valence-electron chi connectivity index (χ1n) is 7.43. The summed E-state index contributed by atoms with van der Waals surface area (Å²) in [5.74, 6) is 0. The van der Waals surface area contributed by atoms with Crippen molar-refractivity contribution in [3.05, 3.63) is 47.6 Å². The van der Waals surface area contributed by atoms with Crippen LogP contribution in [0.3, 0.4) is 0 Å². The molecule has 0 aliphatic carbocycles. The zero-order valence-corrected chi connectivity index (χ0v) is 12.7. The van der Waals surface area contributed by atoms with Gasteiger partial charge in [0, 0.05) is 0 Å². The van der Waals surface area contributed by atoms with Crippen LogP contribution in [-0.4, -0.2) is 0 Å². The van der Waals surface area contributed by atoms with Crippen molar-refractivity contribution in [2.24, 2.45) is 0 Å². The molecule has 0 spiro atoms. The van der Waals surface area contributed by atoms with Gasteiger partial charge in [0.15, 0.2) is 0 Å². The second-order valence-corrected chi connectivity index (χ2v) is 4.50. The maximum atomic E-state index is 2.40. The second-order valence-electron chi connectivity index (χ2n) is 4.50. The molecule has 0 unspecified atom stereocenters. The van der Waals surface area contributed by atoms with Gasteiger partial charge in [0.1, 0.15) is 0 Å². The van der Waals surface area contributed by atoms with Crippen molar-refractivity contribution in [1.29, 1.82) is 0 Å². The van der Waals surface area contributed by atoms with Crippen LogP contribution in [0.4, 0.5) is 0 Å². The van der Waals surface area contributed by atoms with Gasteiger partial charge >= 0.3 is 0 Å². The predicted molar refractivity (Wildman–Crippen MR) is 84.8 cm³/mol. The third-order valence-electron chi connectivity index (χ3n) is 3.06. The molecule has 0 aliphatic heterocycles. The minimum atomic E-state index is 1.08. The second kappa shape index (κ2) is 12.4. The molecule has 0 fully saturated rings. The summed E-state index contributed by atoms with van der Waals surface area (Å²) in [5.41, 5.74) is 3.03. The fourth-order valence-electron chi connectivity index (χ4n) is 1.90. The maximum Gasteiger partial charge on any atom is -0.0161 e. The van der Waals surface area contributed by atoms with E-state index in [0.717, 1.165) is 19.3 Å². The third-order valence-corrected chi connectivity index (χ3v) is 3.06. The van der Waals surface area contributed by atoms with Crippen LogP contribution in [0.5, 0.6) is 0 Å². The molecule has 0 rings (SSSR count). The van der Waals surface area contributed by atoms with Crippen molar-refractivity contribution in [2.75, 3.05) is 0 Å². The molecule has 0 saturated heterocycles. The van der Waals surface area contributed by atoms with Gasteiger partial charge in [0.2, 0.25) is 0 Å². The first kappa shape index (κ1) is 17.0. The summed E-state index contributed by atoms with van der Waals surface area (Å²) in [6, 6.07) is 0. The van der Waals surface area contributed by atoms with Gasteiger partial charge in [-0.1, -0.05) is 68.4 Å². The van der Waals surface area contributed by atoms with Gasteiger partial charge in [-0.05, 0) is 45.4 Å². The van der Waals surface area contributed by atoms with E-state index in [1.807, 2.05) is 0 Å². The average molecular weight is 246 g/mol. The number of hydrogen-bond acceptors (Lipinski definition) is 0. The summed E-state index contributed by atoms with van der Waals surface area (Å²) in [7, 11) is 0. The summed E-state index contributed by atoms with van der Waals surface area (Å²) in [4.78, 5) is 0. The van der Waals surface area contributed by atoms with Gasteiger partial charge in [-0.25, -0.2) is 0 Å². The van der Waals surface area contributed by atoms with Crippen LogP contribution >= 0.6 is 0 Å². The molecule has 0 N–H and O–H groups in total. The molecule has 0 aromatic carbocycles. The highest BCUT2D eigenvalue weighted by atomic mass is 14.0. The van der Waals surface area contributed by atoms with Gasteiger partial charge in [-0.2, -0.15) is 0 Å². The lowest BCUT2D eigenvalue weighted by atomic mass is 10.0. The summed E-state index contributed by atoms with van der Waals surface area (Å²) in [6.07, 6.45) is 20.6. The summed E-state index contributed by atoms with van der Waals surface area (Å²) in [5, 5.41) is 0. The normalized spacial score (nSPS) is 14.0. The molecular weight excluding hydrogens is 216 g/mol. The molecule has 0 heterocycles. The molecule has 0 heteroatoms. The van der Waals surface area contributed by atoms with Crippen LogP contribution in [0.2, 0.25) is 0 Å². The molecule has 0 bridgehead atoms. The lowest BCUT2D eigenvalue weighted by molar-refractivity contribution is 0.895. The number of hydrogen-bond donors (Lipinski definition) is 0. The summed E-state index contributed by atoms with van der Waals surface area (Å²) in [6.45, 7) is 8.74. The molecule has 0 aliphatic rings. The minimum Gasteiger partial charge on any atom is -0.0888 e. The lowest BCUT2D eigenvalue weighted by Crippen LogP contribution is -1.82. The van der Waals surface area contributed by atoms with E-state index in [9.17, 15) is 0 Å². The molecule has 0 aromatic heterocycles. The van der Waals surface area contributed by atoms with Gasteiger partial charge in [0.05, 0.1) is 0 Å². The first-order valence-corrected chi connectivity index (χ1v) is 7.43. The smallest absolute Gasteiger partial charge is 0.0161 e. The van der Waals surface area contributed by atoms with Crippen LogP contribution in [-0.2, 0) is 0 Å². The first-order chi connectivity index (χ1) is 8.78. The standard InChI is InChI=1S/C18H30/c1-5-9-10-11-14-18(8-4)16-12-15-17(7-3)13-6-2/h6,9-10,13,15-16H,5,7-8,11-12,14H2,1-4H3/b10-9+,13-6+,17-15+,18-16+. The molecule has 0 nitrogen and oxygen atoms in total. The average Bonchev–Trinajstić information content (AvgIpc) is 2.40. The van der Waals surface area contributed by atoms with Crippen LogP contribution in [0.15, 0.2) is 47.6 Å². The largest absolute Gasteiger partial charge is 0.0888 e. The van der Waals surface area contributed by atoms with Crippen molar-refractivity contribution in [3.63, 3.8) is 0 Å². The zero-order valence-electron chi connectivity index (χ0n) is 12.7. The predicted octanol–water partition coefficient (Wildman–Crippen LogP) is 6.37. The van der Waals surface area contributed by atoms with Crippen molar-refractivity contribution >= 4 is 0 Å². The van der Waals surface area contributed by atoms with E-state index in [4.69, 9.17) is 0 Å². The molecular formula is C18H30. The van der Waals surface area contributed by atoms with E-state index >= 15 is 0 Å². The Morgan fingerprint density at radius 2 is 1.72 bits per heavy atom. The lowest BCUT2D eigenvalue weighted by Gasteiger charge is -2.02. The van der Waals surface area contributed by atoms with Crippen LogP contribution in [0.25, 0.3) is 0 Å². The molecule has 102 valence electrons. The highest BCUT2D eigenvalue weighted by molar-refractivity contribution is 5.19. The molecule has 0 radical (unpaired) electrons. The van der Waals surface area contributed by atoms with Crippen molar-refractivity contribution in [2.45, 2.75) is 66.2 Å². The van der Waals surface area contributed by atoms with Gasteiger partial charge in [-0.15, -0.1) is 0 Å². The van der Waals surface area contributed by atoms with Crippen molar-refractivity contribution in [3.8, 4) is 0 Å². The Hall–Kier alpha value is -1.04. The topological polar surface area (TPSA) is 0 Å². The van der Waals surface area contributed by atoms with Crippen LogP contribution < -0.4 is 0 Å². The third kappa shape index (κ3) is 9.04. The Bertz CT molecular complexity index is 300. The van der Waals surface area contributed by atoms with Gasteiger partial charge in [0.25, 0.3) is 0 Å². The van der Waals surface area contributed by atoms with E-state index in [1.54, 1.807) is 5.57 Å². The van der Waals surface area contributed by atoms with Crippen molar-refractivity contribution in [1.82, 2.24) is 0 Å². The zero-order chi connectivity index (χ0) is 13.6. The Balaban J connectivity index is 4.22. The van der Waals surface area contributed by atoms with E-state index in [1.165, 1.54) is 24.8 Å². The van der Waals surface area contributed by atoms with E-state index in [-0.39, 0.29) is 0 Å². The monoisotopic (exact) mass is 246 g/mol. The van der Waals surface area contributed by atoms with Gasteiger partial charge in [-0.3, -0.25) is 0 Å². The summed E-state index contributed by atoms with van der Waals surface area (Å²) < 4.78 is 0. The quantitative estimate of drug-likeness (QED) is 0.327. The maximum absolute atomic E-state index is 2.40. The summed E-state index contributed by atoms with van der Waals surface area (Å²) >= 11 is 0. The fraction of sp³-hybridized carbons (Fsp3) is 0.556. The Labute approximate surface area is 114 Å². The molecule has 0 atom stereocenters.